The fourth-order valence-corrected chi connectivity index (χ4v) is 5.23. The first-order chi connectivity index (χ1) is 19.1. The van der Waals surface area contributed by atoms with Crippen LogP contribution in [0.2, 0.25) is 0 Å². The molecule has 7 rings (SSSR count). The van der Waals surface area contributed by atoms with Crippen molar-refractivity contribution in [1.29, 1.82) is 0 Å². The zero-order chi connectivity index (χ0) is 26.4. The standard InChI is InChI=1S/C30H25N5O4/c36-27(23-25(20-11-5-2-6-12-20)34-35-15-30(16-38-17-30)18-39-29(23)35)33-26-28(37)31-22-14-8-7-13-21(22)24(32-26)19-9-3-1-4-10-19/h1-14,26H,15-18H2,(H,31,37)(H,33,36)/t26-/m1/s1. The molecule has 0 bridgehead atoms. The summed E-state index contributed by atoms with van der Waals surface area (Å²) in [5.74, 6) is -0.540. The summed E-state index contributed by atoms with van der Waals surface area (Å²) in [6.07, 6.45) is -1.17. The fourth-order valence-electron chi connectivity index (χ4n) is 5.23. The Morgan fingerprint density at radius 2 is 1.62 bits per heavy atom. The maximum Gasteiger partial charge on any atom is 0.269 e. The number of ether oxygens (including phenoxy) is 2. The lowest BCUT2D eigenvalue weighted by molar-refractivity contribution is -0.154. The predicted molar refractivity (Wildman–Crippen MR) is 145 cm³/mol. The molecule has 0 radical (unpaired) electrons. The van der Waals surface area contributed by atoms with Crippen molar-refractivity contribution in [2.24, 2.45) is 10.4 Å². The van der Waals surface area contributed by atoms with E-state index in [-0.39, 0.29) is 11.0 Å². The van der Waals surface area contributed by atoms with E-state index in [1.807, 2.05) is 84.9 Å². The first-order valence-electron chi connectivity index (χ1n) is 12.8. The normalized spacial score (nSPS) is 18.9. The number of hydrogen-bond donors (Lipinski definition) is 2. The van der Waals surface area contributed by atoms with Gasteiger partial charge in [-0.3, -0.25) is 9.59 Å². The summed E-state index contributed by atoms with van der Waals surface area (Å²) >= 11 is 0. The Hall–Kier alpha value is -4.76. The Labute approximate surface area is 224 Å². The van der Waals surface area contributed by atoms with E-state index in [4.69, 9.17) is 19.6 Å². The number of nitrogens with one attached hydrogen (secondary N) is 2. The molecule has 39 heavy (non-hydrogen) atoms. The number of anilines is 1. The van der Waals surface area contributed by atoms with E-state index in [1.165, 1.54) is 0 Å². The molecule has 3 aromatic carbocycles. The average Bonchev–Trinajstić information content (AvgIpc) is 3.28. The molecule has 2 amide bonds. The van der Waals surface area contributed by atoms with Crippen molar-refractivity contribution >= 4 is 23.2 Å². The predicted octanol–water partition coefficient (Wildman–Crippen LogP) is 3.50. The molecule has 2 N–H and O–H groups in total. The average molecular weight is 520 g/mol. The Morgan fingerprint density at radius 1 is 0.923 bits per heavy atom. The van der Waals surface area contributed by atoms with Gasteiger partial charge < -0.3 is 20.1 Å². The van der Waals surface area contributed by atoms with Crippen LogP contribution in [0.1, 0.15) is 21.5 Å². The van der Waals surface area contributed by atoms with Crippen molar-refractivity contribution in [3.8, 4) is 17.1 Å². The maximum atomic E-state index is 13.9. The number of carbonyl (C=O) groups excluding carboxylic acids is 2. The lowest BCUT2D eigenvalue weighted by Gasteiger charge is -2.43. The van der Waals surface area contributed by atoms with Gasteiger partial charge in [0.25, 0.3) is 11.8 Å². The Bertz CT molecular complexity index is 1610. The highest BCUT2D eigenvalue weighted by atomic mass is 16.5. The number of nitrogens with zero attached hydrogens (tertiary/aromatic N) is 3. The van der Waals surface area contributed by atoms with Gasteiger partial charge in [0.15, 0.2) is 0 Å². The smallest absolute Gasteiger partial charge is 0.269 e. The highest BCUT2D eigenvalue weighted by Crippen LogP contribution is 2.40. The van der Waals surface area contributed by atoms with Crippen LogP contribution in [0.5, 0.6) is 5.88 Å². The van der Waals surface area contributed by atoms with Crippen molar-refractivity contribution in [1.82, 2.24) is 15.1 Å². The lowest BCUT2D eigenvalue weighted by atomic mass is 9.86. The van der Waals surface area contributed by atoms with E-state index in [1.54, 1.807) is 4.68 Å². The van der Waals surface area contributed by atoms with Crippen molar-refractivity contribution in [2.75, 3.05) is 25.1 Å². The molecule has 0 saturated carbocycles. The van der Waals surface area contributed by atoms with Gasteiger partial charge in [0.1, 0.15) is 17.9 Å². The largest absolute Gasteiger partial charge is 0.476 e. The number of fused-ring (bicyclic) bond motifs is 2. The minimum Gasteiger partial charge on any atom is -0.476 e. The summed E-state index contributed by atoms with van der Waals surface area (Å²) in [6, 6.07) is 26.6. The van der Waals surface area contributed by atoms with Crippen molar-refractivity contribution in [3.63, 3.8) is 0 Å². The van der Waals surface area contributed by atoms with Crippen LogP contribution in [0.15, 0.2) is 89.9 Å². The van der Waals surface area contributed by atoms with E-state index in [9.17, 15) is 9.59 Å². The third-order valence-corrected chi connectivity index (χ3v) is 7.26. The van der Waals surface area contributed by atoms with Crippen molar-refractivity contribution in [3.05, 3.63) is 102 Å². The van der Waals surface area contributed by atoms with E-state index in [0.717, 1.165) is 16.7 Å². The van der Waals surface area contributed by atoms with Crippen LogP contribution in [0.3, 0.4) is 0 Å². The van der Waals surface area contributed by atoms with E-state index < -0.39 is 18.0 Å². The van der Waals surface area contributed by atoms with Gasteiger partial charge in [-0.1, -0.05) is 78.9 Å². The van der Waals surface area contributed by atoms with Crippen LogP contribution in [0, 0.1) is 5.41 Å². The monoisotopic (exact) mass is 519 g/mol. The third kappa shape index (κ3) is 4.07. The number of benzene rings is 3. The first-order valence-corrected chi connectivity index (χ1v) is 12.8. The molecular formula is C30H25N5O4. The first kappa shape index (κ1) is 23.4. The zero-order valence-corrected chi connectivity index (χ0v) is 21.0. The molecule has 0 unspecified atom stereocenters. The van der Waals surface area contributed by atoms with Gasteiger partial charge in [0, 0.05) is 16.7 Å². The van der Waals surface area contributed by atoms with Gasteiger partial charge in [-0.25, -0.2) is 9.67 Å². The third-order valence-electron chi connectivity index (χ3n) is 7.26. The number of rotatable bonds is 4. The summed E-state index contributed by atoms with van der Waals surface area (Å²) in [4.78, 5) is 32.0. The van der Waals surface area contributed by atoms with Crippen molar-refractivity contribution in [2.45, 2.75) is 12.7 Å². The topological polar surface area (TPSA) is 107 Å². The molecule has 3 aliphatic rings. The number of carbonyl (C=O) groups is 2. The molecule has 1 aromatic heterocycles. The number of aromatic nitrogens is 2. The zero-order valence-electron chi connectivity index (χ0n) is 21.0. The van der Waals surface area contributed by atoms with E-state index in [2.05, 4.69) is 10.6 Å². The van der Waals surface area contributed by atoms with Gasteiger partial charge >= 0.3 is 0 Å². The van der Waals surface area contributed by atoms with Gasteiger partial charge in [-0.2, -0.15) is 5.10 Å². The molecular weight excluding hydrogens is 494 g/mol. The number of benzodiazepines with no additional fused rings is 1. The maximum absolute atomic E-state index is 13.9. The molecule has 194 valence electrons. The number of aliphatic imine (C=N–C) groups is 1. The van der Waals surface area contributed by atoms with Gasteiger partial charge in [0.05, 0.1) is 36.6 Å². The second kappa shape index (κ2) is 9.21. The highest BCUT2D eigenvalue weighted by Gasteiger charge is 2.45. The van der Waals surface area contributed by atoms with Gasteiger partial charge in [-0.15, -0.1) is 0 Å². The molecule has 0 aliphatic carbocycles. The quantitative estimate of drug-likeness (QED) is 0.429. The van der Waals surface area contributed by atoms with Crippen LogP contribution >= 0.6 is 0 Å². The van der Waals surface area contributed by atoms with Gasteiger partial charge in [0.2, 0.25) is 12.0 Å². The number of para-hydroxylation sites is 1. The van der Waals surface area contributed by atoms with Crippen LogP contribution < -0.4 is 15.4 Å². The molecule has 4 heterocycles. The summed E-state index contributed by atoms with van der Waals surface area (Å²) < 4.78 is 13.3. The summed E-state index contributed by atoms with van der Waals surface area (Å²) in [5, 5.41) is 10.6. The molecule has 4 aromatic rings. The Kier molecular flexibility index (Phi) is 5.52. The van der Waals surface area contributed by atoms with Crippen LogP contribution in [0.4, 0.5) is 5.69 Å². The van der Waals surface area contributed by atoms with E-state index >= 15 is 0 Å². The van der Waals surface area contributed by atoms with Gasteiger partial charge in [-0.05, 0) is 6.07 Å². The number of amides is 2. The summed E-state index contributed by atoms with van der Waals surface area (Å²) in [6.45, 7) is 2.20. The Balaban J connectivity index is 1.28. The summed E-state index contributed by atoms with van der Waals surface area (Å²) in [5.41, 5.74) is 4.26. The molecule has 1 spiro atoms. The molecule has 1 saturated heterocycles. The minimum atomic E-state index is -1.17. The van der Waals surface area contributed by atoms with Crippen LogP contribution in [0.25, 0.3) is 11.3 Å². The summed E-state index contributed by atoms with van der Waals surface area (Å²) in [7, 11) is 0. The molecule has 9 heteroatoms. The Morgan fingerprint density at radius 3 is 2.33 bits per heavy atom. The minimum absolute atomic E-state index is 0.136. The molecule has 1 atom stereocenters. The van der Waals surface area contributed by atoms with Crippen molar-refractivity contribution < 1.29 is 19.1 Å². The molecule has 1 fully saturated rings. The molecule has 9 nitrogen and oxygen atoms in total. The second-order valence-corrected chi connectivity index (χ2v) is 10.1. The molecule has 3 aliphatic heterocycles. The lowest BCUT2D eigenvalue weighted by Crippen LogP contribution is -2.52. The van der Waals surface area contributed by atoms with E-state index in [0.29, 0.717) is 49.3 Å². The highest BCUT2D eigenvalue weighted by molar-refractivity contribution is 6.20. The van der Waals surface area contributed by atoms with Crippen LogP contribution in [-0.4, -0.2) is 53.3 Å². The van der Waals surface area contributed by atoms with Crippen LogP contribution in [-0.2, 0) is 16.1 Å². The SMILES string of the molecule is O=C(N[C@H]1N=C(c2ccccc2)c2ccccc2NC1=O)c1c(-c2ccccc2)nn2c1OCC1(COC1)C2. The fraction of sp³-hybridized carbons (Fsp3) is 0.200. The number of hydrogen-bond acceptors (Lipinski definition) is 6. The second-order valence-electron chi connectivity index (χ2n) is 10.1.